The lowest BCUT2D eigenvalue weighted by atomic mass is 10.2. The Balaban J connectivity index is 1.63. The molecule has 0 radical (unpaired) electrons. The van der Waals surface area contributed by atoms with E-state index in [2.05, 4.69) is 5.32 Å². The van der Waals surface area contributed by atoms with Crippen molar-refractivity contribution in [1.29, 1.82) is 0 Å². The van der Waals surface area contributed by atoms with Gasteiger partial charge in [-0.3, -0.25) is 9.10 Å². The molecule has 150 valence electrons. The first kappa shape index (κ1) is 20.0. The highest BCUT2D eigenvalue weighted by molar-refractivity contribution is 7.92. The Hall–Kier alpha value is -2.74. The van der Waals surface area contributed by atoms with Crippen LogP contribution in [0.5, 0.6) is 11.5 Å². The number of hydrogen-bond donors (Lipinski definition) is 1. The van der Waals surface area contributed by atoms with Gasteiger partial charge in [0.1, 0.15) is 18.1 Å². The molecule has 7 nitrogen and oxygen atoms in total. The molecule has 1 heterocycles. The summed E-state index contributed by atoms with van der Waals surface area (Å²) in [6.45, 7) is 4.02. The van der Waals surface area contributed by atoms with Gasteiger partial charge in [0.05, 0.1) is 24.5 Å². The predicted molar refractivity (Wildman–Crippen MR) is 107 cm³/mol. The third-order valence-corrected chi connectivity index (χ3v) is 5.48. The van der Waals surface area contributed by atoms with Gasteiger partial charge in [-0.25, -0.2) is 8.42 Å². The standard InChI is InChI=1S/C20H24N2O5S/c1-14-8-10-16(11-9-14)26-13-15(2)21-20(23)19-12-22(28(3,24)25)17-6-4-5-7-18(17)27-19/h4-11,15,19H,12-13H2,1-3H3,(H,21,23). The normalized spacial score (nSPS) is 17.2. The average molecular weight is 404 g/mol. The van der Waals surface area contributed by atoms with E-state index in [9.17, 15) is 13.2 Å². The number of nitrogens with one attached hydrogen (secondary N) is 1. The van der Waals surface area contributed by atoms with E-state index in [-0.39, 0.29) is 25.1 Å². The highest BCUT2D eigenvalue weighted by Crippen LogP contribution is 2.34. The lowest BCUT2D eigenvalue weighted by Crippen LogP contribution is -2.52. The van der Waals surface area contributed by atoms with Gasteiger partial charge in [-0.05, 0) is 38.1 Å². The molecule has 2 aromatic carbocycles. The Labute approximate surface area is 165 Å². The summed E-state index contributed by atoms with van der Waals surface area (Å²) in [7, 11) is -3.54. The van der Waals surface area contributed by atoms with E-state index < -0.39 is 16.1 Å². The van der Waals surface area contributed by atoms with Gasteiger partial charge >= 0.3 is 0 Å². The Kier molecular flexibility index (Phi) is 5.79. The molecule has 1 amide bonds. The Morgan fingerprint density at radius 3 is 2.61 bits per heavy atom. The Morgan fingerprint density at radius 2 is 1.93 bits per heavy atom. The molecule has 0 fully saturated rings. The van der Waals surface area contributed by atoms with Crippen molar-refractivity contribution >= 4 is 21.6 Å². The van der Waals surface area contributed by atoms with Gasteiger partial charge in [0.15, 0.2) is 6.10 Å². The molecular weight excluding hydrogens is 380 g/mol. The number of rotatable bonds is 6. The van der Waals surface area contributed by atoms with Crippen molar-refractivity contribution in [2.45, 2.75) is 26.0 Å². The zero-order valence-corrected chi connectivity index (χ0v) is 16.9. The van der Waals surface area contributed by atoms with Crippen LogP contribution in [0.3, 0.4) is 0 Å². The van der Waals surface area contributed by atoms with Crippen molar-refractivity contribution in [3.63, 3.8) is 0 Å². The number of para-hydroxylation sites is 2. The average Bonchev–Trinajstić information content (AvgIpc) is 2.66. The molecule has 2 unspecified atom stereocenters. The largest absolute Gasteiger partial charge is 0.491 e. The molecule has 0 spiro atoms. The van der Waals surface area contributed by atoms with E-state index in [0.29, 0.717) is 11.4 Å². The van der Waals surface area contributed by atoms with Crippen molar-refractivity contribution < 1.29 is 22.7 Å². The van der Waals surface area contributed by atoms with Gasteiger partial charge in [-0.1, -0.05) is 29.8 Å². The van der Waals surface area contributed by atoms with Crippen LogP contribution in [-0.4, -0.2) is 45.9 Å². The lowest BCUT2D eigenvalue weighted by Gasteiger charge is -2.34. The molecule has 0 saturated heterocycles. The van der Waals surface area contributed by atoms with Crippen molar-refractivity contribution in [2.75, 3.05) is 23.7 Å². The summed E-state index contributed by atoms with van der Waals surface area (Å²) in [5.74, 6) is 0.698. The maximum absolute atomic E-state index is 12.6. The highest BCUT2D eigenvalue weighted by Gasteiger charge is 2.35. The fourth-order valence-electron chi connectivity index (χ4n) is 2.89. The first-order valence-electron chi connectivity index (χ1n) is 8.97. The number of nitrogens with zero attached hydrogens (tertiary/aromatic N) is 1. The van der Waals surface area contributed by atoms with Crippen molar-refractivity contribution in [1.82, 2.24) is 5.32 Å². The van der Waals surface area contributed by atoms with Crippen LogP contribution >= 0.6 is 0 Å². The van der Waals surface area contributed by atoms with Gasteiger partial charge in [0.2, 0.25) is 10.0 Å². The second kappa shape index (κ2) is 8.10. The maximum Gasteiger partial charge on any atom is 0.263 e. The molecule has 0 bridgehead atoms. The molecule has 0 saturated carbocycles. The van der Waals surface area contributed by atoms with Gasteiger partial charge in [-0.15, -0.1) is 0 Å². The van der Waals surface area contributed by atoms with Crippen LogP contribution in [0.1, 0.15) is 12.5 Å². The van der Waals surface area contributed by atoms with Gasteiger partial charge in [-0.2, -0.15) is 0 Å². The number of amides is 1. The van der Waals surface area contributed by atoms with Crippen LogP contribution in [0, 0.1) is 6.92 Å². The SMILES string of the molecule is Cc1ccc(OCC(C)NC(=O)C2CN(S(C)(=O)=O)c3ccccc3O2)cc1. The fourth-order valence-corrected chi connectivity index (χ4v) is 3.80. The van der Waals surface area contributed by atoms with E-state index in [1.54, 1.807) is 24.3 Å². The van der Waals surface area contributed by atoms with Crippen LogP contribution in [0.2, 0.25) is 0 Å². The summed E-state index contributed by atoms with van der Waals surface area (Å²) in [5.41, 5.74) is 1.57. The molecule has 0 aliphatic carbocycles. The van der Waals surface area contributed by atoms with Crippen molar-refractivity contribution in [3.8, 4) is 11.5 Å². The lowest BCUT2D eigenvalue weighted by molar-refractivity contribution is -0.128. The third-order valence-electron chi connectivity index (χ3n) is 4.34. The van der Waals surface area contributed by atoms with Gasteiger partial charge in [0.25, 0.3) is 5.91 Å². The molecule has 1 N–H and O–H groups in total. The summed E-state index contributed by atoms with van der Waals surface area (Å²) in [6.07, 6.45) is 0.175. The Bertz CT molecular complexity index is 943. The van der Waals surface area contributed by atoms with Crippen molar-refractivity contribution in [2.24, 2.45) is 0 Å². The minimum absolute atomic E-state index is 0.0762. The molecule has 1 aliphatic rings. The molecule has 2 aromatic rings. The molecule has 1 aliphatic heterocycles. The quantitative estimate of drug-likeness (QED) is 0.797. The topological polar surface area (TPSA) is 84.9 Å². The van der Waals surface area contributed by atoms with E-state index in [1.165, 1.54) is 4.31 Å². The van der Waals surface area contributed by atoms with Crippen molar-refractivity contribution in [3.05, 3.63) is 54.1 Å². The number of fused-ring (bicyclic) bond motifs is 1. The van der Waals surface area contributed by atoms with Crippen LogP contribution in [0.25, 0.3) is 0 Å². The number of carbonyl (C=O) groups excluding carboxylic acids is 1. The first-order valence-corrected chi connectivity index (χ1v) is 10.8. The predicted octanol–water partition coefficient (Wildman–Crippen LogP) is 2.11. The number of carbonyl (C=O) groups is 1. The fraction of sp³-hybridized carbons (Fsp3) is 0.350. The number of benzene rings is 2. The maximum atomic E-state index is 12.6. The second-order valence-corrected chi connectivity index (χ2v) is 8.81. The van der Waals surface area contributed by atoms with Crippen LogP contribution in [0.15, 0.2) is 48.5 Å². The van der Waals surface area contributed by atoms with Crippen LogP contribution in [0.4, 0.5) is 5.69 Å². The molecular formula is C20H24N2O5S. The number of ether oxygens (including phenoxy) is 2. The molecule has 8 heteroatoms. The number of sulfonamides is 1. The second-order valence-electron chi connectivity index (χ2n) is 6.90. The summed E-state index contributed by atoms with van der Waals surface area (Å²) in [6, 6.07) is 14.1. The minimum Gasteiger partial charge on any atom is -0.491 e. The first-order chi connectivity index (χ1) is 13.2. The zero-order chi connectivity index (χ0) is 20.3. The third kappa shape index (κ3) is 4.75. The smallest absolute Gasteiger partial charge is 0.263 e. The molecule has 0 aromatic heterocycles. The Morgan fingerprint density at radius 1 is 1.25 bits per heavy atom. The molecule has 28 heavy (non-hydrogen) atoms. The molecule has 3 rings (SSSR count). The minimum atomic E-state index is -3.54. The van der Waals surface area contributed by atoms with Crippen LogP contribution in [-0.2, 0) is 14.8 Å². The van der Waals surface area contributed by atoms with E-state index in [0.717, 1.165) is 17.6 Å². The number of aryl methyl sites for hydroxylation is 1. The summed E-state index contributed by atoms with van der Waals surface area (Å²) < 4.78 is 36.9. The summed E-state index contributed by atoms with van der Waals surface area (Å²) in [4.78, 5) is 12.6. The van der Waals surface area contributed by atoms with Gasteiger partial charge in [0, 0.05) is 0 Å². The highest BCUT2D eigenvalue weighted by atomic mass is 32.2. The number of anilines is 1. The van der Waals surface area contributed by atoms with E-state index >= 15 is 0 Å². The van der Waals surface area contributed by atoms with Crippen LogP contribution < -0.4 is 19.1 Å². The molecule has 2 atom stereocenters. The van der Waals surface area contributed by atoms with Gasteiger partial charge < -0.3 is 14.8 Å². The number of hydrogen-bond acceptors (Lipinski definition) is 5. The zero-order valence-electron chi connectivity index (χ0n) is 16.1. The summed E-state index contributed by atoms with van der Waals surface area (Å²) >= 11 is 0. The van der Waals surface area contributed by atoms with E-state index in [1.807, 2.05) is 38.1 Å². The summed E-state index contributed by atoms with van der Waals surface area (Å²) in [5, 5.41) is 2.82. The van der Waals surface area contributed by atoms with E-state index in [4.69, 9.17) is 9.47 Å². The monoisotopic (exact) mass is 404 g/mol.